The number of hydrogen-bond donors (Lipinski definition) is 1. The van der Waals surface area contributed by atoms with Gasteiger partial charge in [-0.25, -0.2) is 4.98 Å². The molecule has 31 heavy (non-hydrogen) atoms. The summed E-state index contributed by atoms with van der Waals surface area (Å²) in [4.78, 5) is 23.3. The molecule has 2 saturated carbocycles. The van der Waals surface area contributed by atoms with Crippen molar-refractivity contribution in [2.24, 2.45) is 5.92 Å². The van der Waals surface area contributed by atoms with Crippen LogP contribution in [0.1, 0.15) is 38.5 Å². The number of carbonyl (C=O) groups is 1. The van der Waals surface area contributed by atoms with E-state index in [0.717, 1.165) is 87.3 Å². The Balaban J connectivity index is 1.24. The van der Waals surface area contributed by atoms with Gasteiger partial charge in [-0.05, 0) is 50.5 Å². The fourth-order valence-electron chi connectivity index (χ4n) is 4.24. The fourth-order valence-corrected chi connectivity index (χ4v) is 4.24. The van der Waals surface area contributed by atoms with Crippen molar-refractivity contribution in [2.45, 2.75) is 50.7 Å². The van der Waals surface area contributed by atoms with Gasteiger partial charge in [0.15, 0.2) is 0 Å². The number of nitrogens with one attached hydrogen (secondary N) is 1. The van der Waals surface area contributed by atoms with Gasteiger partial charge >= 0.3 is 0 Å². The summed E-state index contributed by atoms with van der Waals surface area (Å²) >= 11 is 0. The van der Waals surface area contributed by atoms with Crippen molar-refractivity contribution in [1.82, 2.24) is 15.3 Å². The Morgan fingerprint density at radius 2 is 1.84 bits per heavy atom. The highest BCUT2D eigenvalue weighted by Gasteiger charge is 2.25. The van der Waals surface area contributed by atoms with Crippen molar-refractivity contribution in [3.8, 4) is 17.6 Å². The van der Waals surface area contributed by atoms with Crippen molar-refractivity contribution in [3.63, 3.8) is 0 Å². The molecule has 2 heterocycles. The Morgan fingerprint density at radius 1 is 1.06 bits per heavy atom. The predicted molar refractivity (Wildman–Crippen MR) is 118 cm³/mol. The molecule has 0 bridgehead atoms. The minimum absolute atomic E-state index is 0.107. The number of carbonyl (C=O) groups excluding carboxylic acids is 1. The molecule has 3 fully saturated rings. The van der Waals surface area contributed by atoms with E-state index in [9.17, 15) is 4.79 Å². The maximum absolute atomic E-state index is 12.0. The van der Waals surface area contributed by atoms with Crippen molar-refractivity contribution < 1.29 is 14.3 Å². The molecule has 1 aromatic heterocycles. The maximum atomic E-state index is 12.0. The number of amides is 1. The van der Waals surface area contributed by atoms with Crippen LogP contribution in [0.2, 0.25) is 0 Å². The average Bonchev–Trinajstić information content (AvgIpc) is 3.64. The highest BCUT2D eigenvalue weighted by atomic mass is 16.5. The van der Waals surface area contributed by atoms with Gasteiger partial charge in [-0.15, -0.1) is 0 Å². The van der Waals surface area contributed by atoms with Gasteiger partial charge in [-0.3, -0.25) is 9.78 Å². The summed E-state index contributed by atoms with van der Waals surface area (Å²) < 4.78 is 11.9. The maximum Gasteiger partial charge on any atom is 0.296 e. The van der Waals surface area contributed by atoms with E-state index in [1.54, 1.807) is 12.4 Å². The molecule has 0 unspecified atom stereocenters. The second kappa shape index (κ2) is 9.11. The molecule has 5 rings (SSSR count). The van der Waals surface area contributed by atoms with E-state index < -0.39 is 0 Å². The van der Waals surface area contributed by atoms with Gasteiger partial charge in [-0.2, -0.15) is 0 Å². The second-order valence-electron chi connectivity index (χ2n) is 8.58. The number of nitrogens with zero attached hydrogens (tertiary/aromatic N) is 3. The Morgan fingerprint density at radius 3 is 2.61 bits per heavy atom. The summed E-state index contributed by atoms with van der Waals surface area (Å²) in [5.41, 5.74) is 2.74. The van der Waals surface area contributed by atoms with Crippen LogP contribution in [0.4, 0.5) is 5.69 Å². The number of fused-ring (bicyclic) bond motifs is 1. The first-order valence-corrected chi connectivity index (χ1v) is 11.3. The van der Waals surface area contributed by atoms with Gasteiger partial charge in [0.05, 0.1) is 24.8 Å². The quantitative estimate of drug-likeness (QED) is 0.767. The van der Waals surface area contributed by atoms with E-state index in [4.69, 9.17) is 9.47 Å². The molecule has 0 spiro atoms. The van der Waals surface area contributed by atoms with Crippen LogP contribution in [0.3, 0.4) is 0 Å². The minimum Gasteiger partial charge on any atom is -0.488 e. The van der Waals surface area contributed by atoms with E-state index in [-0.39, 0.29) is 18.1 Å². The van der Waals surface area contributed by atoms with Crippen molar-refractivity contribution in [3.05, 3.63) is 24.5 Å². The zero-order valence-electron chi connectivity index (χ0n) is 17.7. The minimum atomic E-state index is -0.143. The summed E-state index contributed by atoms with van der Waals surface area (Å²) in [6, 6.07) is 4.34. The average molecular weight is 421 g/mol. The number of benzene rings is 1. The molecule has 1 N–H and O–H groups in total. The normalized spacial score (nSPS) is 23.7. The first-order valence-electron chi connectivity index (χ1n) is 11.3. The van der Waals surface area contributed by atoms with Gasteiger partial charge < -0.3 is 19.7 Å². The van der Waals surface area contributed by atoms with Crippen LogP contribution in [0.15, 0.2) is 24.5 Å². The highest BCUT2D eigenvalue weighted by Crippen LogP contribution is 2.33. The third kappa shape index (κ3) is 5.08. The molecule has 0 atom stereocenters. The third-order valence-electron chi connectivity index (χ3n) is 6.17. The number of aromatic nitrogens is 2. The monoisotopic (exact) mass is 420 g/mol. The third-order valence-corrected chi connectivity index (χ3v) is 6.17. The number of ether oxygens (including phenoxy) is 2. The first kappa shape index (κ1) is 20.1. The van der Waals surface area contributed by atoms with Gasteiger partial charge in [0, 0.05) is 49.2 Å². The Bertz CT molecular complexity index is 997. The van der Waals surface area contributed by atoms with Crippen LogP contribution in [0.25, 0.3) is 11.0 Å². The molecule has 2 aromatic rings. The highest BCUT2D eigenvalue weighted by molar-refractivity contribution is 5.93. The Hall–Kier alpha value is -2.85. The van der Waals surface area contributed by atoms with Crippen LogP contribution in [-0.2, 0) is 9.53 Å². The van der Waals surface area contributed by atoms with E-state index in [1.165, 1.54) is 0 Å². The molecular weight excluding hydrogens is 392 g/mol. The summed E-state index contributed by atoms with van der Waals surface area (Å²) in [7, 11) is 0. The van der Waals surface area contributed by atoms with Gasteiger partial charge in [0.2, 0.25) is 0 Å². The topological polar surface area (TPSA) is 76.6 Å². The van der Waals surface area contributed by atoms with Gasteiger partial charge in [0.1, 0.15) is 11.3 Å². The molecule has 7 heteroatoms. The molecule has 162 valence electrons. The molecular formula is C24H28N4O3. The molecule has 2 aliphatic carbocycles. The Kier molecular flexibility index (Phi) is 5.90. The lowest BCUT2D eigenvalue weighted by Crippen LogP contribution is -2.39. The van der Waals surface area contributed by atoms with E-state index in [2.05, 4.69) is 44.2 Å². The number of anilines is 1. The molecule has 1 aromatic carbocycles. The largest absolute Gasteiger partial charge is 0.488 e. The zero-order valence-corrected chi connectivity index (χ0v) is 17.7. The van der Waals surface area contributed by atoms with E-state index >= 15 is 0 Å². The number of rotatable bonds is 4. The molecule has 1 amide bonds. The van der Waals surface area contributed by atoms with E-state index in [1.807, 2.05) is 0 Å². The van der Waals surface area contributed by atoms with Crippen LogP contribution in [-0.4, -0.2) is 54.3 Å². The standard InChI is InChI=1S/C24H28N4O3/c29-23(8-3-17-1-2-17)27-18-4-6-20(7-5-18)31-22-16-19(28-11-13-30-14-12-28)15-21-24(22)26-10-9-25-21/h9-10,15-18,20H,1-2,4-7,11-14H2,(H,27,29). The van der Waals surface area contributed by atoms with Crippen molar-refractivity contribution in [1.29, 1.82) is 0 Å². The Labute approximate surface area is 182 Å². The van der Waals surface area contributed by atoms with Crippen molar-refractivity contribution in [2.75, 3.05) is 31.2 Å². The summed E-state index contributed by atoms with van der Waals surface area (Å²) in [6.07, 6.45) is 9.38. The lowest BCUT2D eigenvalue weighted by atomic mass is 9.93. The lowest BCUT2D eigenvalue weighted by Gasteiger charge is -2.31. The van der Waals surface area contributed by atoms with Crippen LogP contribution < -0.4 is 15.0 Å². The summed E-state index contributed by atoms with van der Waals surface area (Å²) in [6.45, 7) is 3.18. The number of hydrogen-bond acceptors (Lipinski definition) is 6. The SMILES string of the molecule is O=C(C#CC1CC1)NC1CCC(Oc2cc(N3CCOCC3)cc3nccnc23)CC1. The van der Waals surface area contributed by atoms with Gasteiger partial charge in [-0.1, -0.05) is 5.92 Å². The molecule has 0 radical (unpaired) electrons. The first-order chi connectivity index (χ1) is 15.2. The second-order valence-corrected chi connectivity index (χ2v) is 8.58. The summed E-state index contributed by atoms with van der Waals surface area (Å²) in [5.74, 6) is 6.86. The lowest BCUT2D eigenvalue weighted by molar-refractivity contribution is -0.116. The number of morpholine rings is 1. The van der Waals surface area contributed by atoms with Crippen molar-refractivity contribution >= 4 is 22.6 Å². The smallest absolute Gasteiger partial charge is 0.296 e. The van der Waals surface area contributed by atoms with Crippen LogP contribution >= 0.6 is 0 Å². The van der Waals surface area contributed by atoms with Crippen LogP contribution in [0, 0.1) is 17.8 Å². The van der Waals surface area contributed by atoms with Gasteiger partial charge in [0.25, 0.3) is 5.91 Å². The fraction of sp³-hybridized carbons (Fsp3) is 0.542. The molecule has 7 nitrogen and oxygen atoms in total. The molecule has 3 aliphatic rings. The predicted octanol–water partition coefficient (Wildman–Crippen LogP) is 2.69. The molecule has 1 saturated heterocycles. The zero-order chi connectivity index (χ0) is 21.0. The van der Waals surface area contributed by atoms with E-state index in [0.29, 0.717) is 5.92 Å². The summed E-state index contributed by atoms with van der Waals surface area (Å²) in [5, 5.41) is 3.06. The van der Waals surface area contributed by atoms with Crippen LogP contribution in [0.5, 0.6) is 5.75 Å². The molecule has 1 aliphatic heterocycles.